The van der Waals surface area contributed by atoms with Crippen LogP contribution >= 0.6 is 0 Å². The van der Waals surface area contributed by atoms with Gasteiger partial charge in [-0.2, -0.15) is 0 Å². The fraction of sp³-hybridized carbons (Fsp3) is 0.632. The number of piperidine rings is 1. The summed E-state index contributed by atoms with van der Waals surface area (Å²) in [6, 6.07) is 2.88. The molecule has 1 aromatic carbocycles. The Morgan fingerprint density at radius 2 is 1.77 bits per heavy atom. The standard InChI is InChI=1S/C19H26F2N2O3/c20-16-1-2-18(21)17(7-16)19(26)23-9-14(15(10-23)12-25)8-22-5-3-13(11-24)4-6-22/h1-2,7,13-15,24-25H,3-6,8-12H2/t14-,15-/m1/s1. The number of likely N-dealkylation sites (tertiary alicyclic amines) is 2. The molecule has 26 heavy (non-hydrogen) atoms. The van der Waals surface area contributed by atoms with Crippen LogP contribution in [0.2, 0.25) is 0 Å². The van der Waals surface area contributed by atoms with Crippen molar-refractivity contribution in [2.75, 3.05) is 45.9 Å². The first kappa shape index (κ1) is 19.2. The molecule has 0 aliphatic carbocycles. The summed E-state index contributed by atoms with van der Waals surface area (Å²) < 4.78 is 27.3. The van der Waals surface area contributed by atoms with Gasteiger partial charge < -0.3 is 20.0 Å². The van der Waals surface area contributed by atoms with Crippen molar-refractivity contribution in [3.05, 3.63) is 35.4 Å². The van der Waals surface area contributed by atoms with Gasteiger partial charge in [-0.25, -0.2) is 8.78 Å². The third kappa shape index (κ3) is 4.22. The van der Waals surface area contributed by atoms with E-state index in [0.29, 0.717) is 19.0 Å². The van der Waals surface area contributed by atoms with E-state index in [4.69, 9.17) is 0 Å². The van der Waals surface area contributed by atoms with E-state index in [2.05, 4.69) is 4.90 Å². The SMILES string of the molecule is O=C(c1cc(F)ccc1F)N1C[C@@H](CN2CCC(CO)CC2)[C@@H](CO)C1. The molecule has 3 rings (SSSR count). The Hall–Kier alpha value is -1.57. The maximum Gasteiger partial charge on any atom is 0.256 e. The Kier molecular flexibility index (Phi) is 6.21. The Bertz CT molecular complexity index is 635. The highest BCUT2D eigenvalue weighted by atomic mass is 19.1. The van der Waals surface area contributed by atoms with E-state index in [1.54, 1.807) is 0 Å². The lowest BCUT2D eigenvalue weighted by Crippen LogP contribution is -2.40. The zero-order valence-electron chi connectivity index (χ0n) is 14.8. The summed E-state index contributed by atoms with van der Waals surface area (Å²) >= 11 is 0. The number of benzene rings is 1. The number of carbonyl (C=O) groups is 1. The van der Waals surface area contributed by atoms with Crippen molar-refractivity contribution < 1.29 is 23.8 Å². The van der Waals surface area contributed by atoms with Crippen LogP contribution in [0.3, 0.4) is 0 Å². The quantitative estimate of drug-likeness (QED) is 0.824. The van der Waals surface area contributed by atoms with E-state index < -0.39 is 17.5 Å². The molecular weight excluding hydrogens is 342 g/mol. The molecule has 2 fully saturated rings. The lowest BCUT2D eigenvalue weighted by atomic mass is 9.93. The number of hydrogen-bond donors (Lipinski definition) is 2. The predicted molar refractivity (Wildman–Crippen MR) is 92.6 cm³/mol. The second-order valence-electron chi connectivity index (χ2n) is 7.46. The molecule has 2 N–H and O–H groups in total. The number of amides is 1. The highest BCUT2D eigenvalue weighted by Gasteiger charge is 2.37. The molecule has 1 amide bonds. The Balaban J connectivity index is 1.63. The monoisotopic (exact) mass is 368 g/mol. The molecule has 7 heteroatoms. The second-order valence-corrected chi connectivity index (χ2v) is 7.46. The van der Waals surface area contributed by atoms with Crippen molar-refractivity contribution in [1.82, 2.24) is 9.80 Å². The van der Waals surface area contributed by atoms with Gasteiger partial charge in [-0.1, -0.05) is 0 Å². The number of carbonyl (C=O) groups excluding carboxylic acids is 1. The number of nitrogens with zero attached hydrogens (tertiary/aromatic N) is 2. The maximum absolute atomic E-state index is 13.9. The van der Waals surface area contributed by atoms with Crippen LogP contribution in [0.4, 0.5) is 8.78 Å². The smallest absolute Gasteiger partial charge is 0.256 e. The van der Waals surface area contributed by atoms with Gasteiger partial charge in [-0.05, 0) is 56.0 Å². The average Bonchev–Trinajstić information content (AvgIpc) is 3.06. The molecule has 2 aliphatic rings. The number of aliphatic hydroxyl groups is 2. The average molecular weight is 368 g/mol. The molecule has 2 heterocycles. The van der Waals surface area contributed by atoms with E-state index in [1.807, 2.05) is 0 Å². The highest BCUT2D eigenvalue weighted by Crippen LogP contribution is 2.28. The summed E-state index contributed by atoms with van der Waals surface area (Å²) in [4.78, 5) is 16.4. The third-order valence-corrected chi connectivity index (χ3v) is 5.72. The summed E-state index contributed by atoms with van der Waals surface area (Å²) in [5, 5.41) is 18.9. The number of aliphatic hydroxyl groups excluding tert-OH is 2. The second kappa shape index (κ2) is 8.41. The Labute approximate surface area is 152 Å². The molecule has 2 saturated heterocycles. The van der Waals surface area contributed by atoms with E-state index in [1.165, 1.54) is 4.90 Å². The van der Waals surface area contributed by atoms with Gasteiger partial charge in [0.2, 0.25) is 0 Å². The van der Waals surface area contributed by atoms with Crippen LogP contribution in [-0.4, -0.2) is 71.9 Å². The molecule has 5 nitrogen and oxygen atoms in total. The van der Waals surface area contributed by atoms with E-state index in [9.17, 15) is 23.8 Å². The summed E-state index contributed by atoms with van der Waals surface area (Å²) in [6.07, 6.45) is 1.90. The van der Waals surface area contributed by atoms with Crippen LogP contribution in [0.1, 0.15) is 23.2 Å². The van der Waals surface area contributed by atoms with Crippen LogP contribution in [0.5, 0.6) is 0 Å². The molecule has 0 radical (unpaired) electrons. The molecule has 1 aromatic rings. The lowest BCUT2D eigenvalue weighted by Gasteiger charge is -2.33. The first-order valence-corrected chi connectivity index (χ1v) is 9.20. The minimum atomic E-state index is -0.730. The normalized spacial score (nSPS) is 25.0. The number of halogens is 2. The molecule has 2 aliphatic heterocycles. The van der Waals surface area contributed by atoms with Crippen LogP contribution in [-0.2, 0) is 0 Å². The largest absolute Gasteiger partial charge is 0.396 e. The summed E-state index contributed by atoms with van der Waals surface area (Å²) in [5.74, 6) is -1.50. The molecule has 0 aromatic heterocycles. The molecule has 2 atom stereocenters. The topological polar surface area (TPSA) is 64.0 Å². The first-order chi connectivity index (χ1) is 12.5. The van der Waals surface area contributed by atoms with Crippen molar-refractivity contribution in [2.24, 2.45) is 17.8 Å². The van der Waals surface area contributed by atoms with E-state index in [0.717, 1.165) is 50.7 Å². The molecule has 0 unspecified atom stereocenters. The lowest BCUT2D eigenvalue weighted by molar-refractivity contribution is 0.0771. The van der Waals surface area contributed by atoms with Gasteiger partial charge >= 0.3 is 0 Å². The maximum atomic E-state index is 13.9. The number of rotatable bonds is 5. The van der Waals surface area contributed by atoms with Crippen molar-refractivity contribution in [2.45, 2.75) is 12.8 Å². The first-order valence-electron chi connectivity index (χ1n) is 9.20. The van der Waals surface area contributed by atoms with Gasteiger partial charge in [0.25, 0.3) is 5.91 Å². The van der Waals surface area contributed by atoms with Crippen LogP contribution < -0.4 is 0 Å². The van der Waals surface area contributed by atoms with Crippen LogP contribution in [0.15, 0.2) is 18.2 Å². The molecule has 0 bridgehead atoms. The van der Waals surface area contributed by atoms with Gasteiger partial charge in [0.1, 0.15) is 11.6 Å². The molecule has 0 spiro atoms. The zero-order chi connectivity index (χ0) is 18.7. The zero-order valence-corrected chi connectivity index (χ0v) is 14.8. The van der Waals surface area contributed by atoms with Gasteiger partial charge in [0, 0.05) is 38.8 Å². The van der Waals surface area contributed by atoms with Gasteiger partial charge in [0.15, 0.2) is 0 Å². The van der Waals surface area contributed by atoms with Crippen LogP contribution in [0.25, 0.3) is 0 Å². The minimum absolute atomic E-state index is 0.0345. The van der Waals surface area contributed by atoms with Crippen molar-refractivity contribution >= 4 is 5.91 Å². The van der Waals surface area contributed by atoms with E-state index >= 15 is 0 Å². The van der Waals surface area contributed by atoms with E-state index in [-0.39, 0.29) is 30.6 Å². The van der Waals surface area contributed by atoms with Crippen molar-refractivity contribution in [1.29, 1.82) is 0 Å². The fourth-order valence-corrected chi connectivity index (χ4v) is 4.03. The molecular formula is C19H26F2N2O3. The Morgan fingerprint density at radius 1 is 1.08 bits per heavy atom. The van der Waals surface area contributed by atoms with Crippen LogP contribution in [0, 0.1) is 29.4 Å². The van der Waals surface area contributed by atoms with Gasteiger partial charge in [0.05, 0.1) is 5.56 Å². The third-order valence-electron chi connectivity index (χ3n) is 5.72. The summed E-state index contributed by atoms with van der Waals surface area (Å²) in [5.41, 5.74) is -0.258. The van der Waals surface area contributed by atoms with Crippen molar-refractivity contribution in [3.8, 4) is 0 Å². The minimum Gasteiger partial charge on any atom is -0.396 e. The summed E-state index contributed by atoms with van der Waals surface area (Å²) in [6.45, 7) is 3.52. The fourth-order valence-electron chi connectivity index (χ4n) is 4.03. The predicted octanol–water partition coefficient (Wildman–Crippen LogP) is 1.35. The highest BCUT2D eigenvalue weighted by molar-refractivity contribution is 5.94. The number of hydrogen-bond acceptors (Lipinski definition) is 4. The summed E-state index contributed by atoms with van der Waals surface area (Å²) in [7, 11) is 0. The molecule has 0 saturated carbocycles. The Morgan fingerprint density at radius 3 is 2.42 bits per heavy atom. The van der Waals surface area contributed by atoms with Gasteiger partial charge in [-0.3, -0.25) is 4.79 Å². The molecule has 144 valence electrons. The van der Waals surface area contributed by atoms with Gasteiger partial charge in [-0.15, -0.1) is 0 Å². The van der Waals surface area contributed by atoms with Crippen molar-refractivity contribution in [3.63, 3.8) is 0 Å².